The van der Waals surface area contributed by atoms with Crippen LogP contribution < -0.4 is 10.7 Å². The minimum absolute atomic E-state index is 0.0502. The van der Waals surface area contributed by atoms with Crippen LogP contribution in [0.3, 0.4) is 0 Å². The first-order valence-corrected chi connectivity index (χ1v) is 8.29. The molecule has 0 aliphatic rings. The molecule has 0 radical (unpaired) electrons. The Labute approximate surface area is 162 Å². The van der Waals surface area contributed by atoms with Gasteiger partial charge in [0.25, 0.3) is 0 Å². The number of benzene rings is 1. The van der Waals surface area contributed by atoms with Gasteiger partial charge in [-0.25, -0.2) is 19.0 Å². The van der Waals surface area contributed by atoms with Gasteiger partial charge >= 0.3 is 11.9 Å². The van der Waals surface area contributed by atoms with Crippen LogP contribution in [-0.4, -0.2) is 32.6 Å². The molecule has 0 bridgehead atoms. The second-order valence-electron chi connectivity index (χ2n) is 5.71. The Hall–Kier alpha value is -3.14. The highest BCUT2D eigenvalue weighted by Gasteiger charge is 2.35. The maximum Gasteiger partial charge on any atom is 0.420 e. The summed E-state index contributed by atoms with van der Waals surface area (Å²) in [5.74, 6) is -0.347. The van der Waals surface area contributed by atoms with E-state index in [1.54, 1.807) is 24.3 Å². The average Bonchev–Trinajstić information content (AvgIpc) is 2.91. The smallest absolute Gasteiger partial charge is 0.251 e. The summed E-state index contributed by atoms with van der Waals surface area (Å²) in [7, 11) is 2.80. The van der Waals surface area contributed by atoms with E-state index in [2.05, 4.69) is 15.2 Å². The Morgan fingerprint density at radius 1 is 1.21 bits per heavy atom. The summed E-state index contributed by atoms with van der Waals surface area (Å²) in [6.07, 6.45) is -2.00. The number of rotatable bonds is 4. The molecule has 3 aromatic rings. The lowest BCUT2D eigenvalue weighted by Crippen LogP contribution is -2.22. The molecule has 7 nitrogen and oxygen atoms in total. The zero-order valence-corrected chi connectivity index (χ0v) is 15.5. The molecule has 0 N–H and O–H groups in total. The minimum atomic E-state index is -4.57. The van der Waals surface area contributed by atoms with Crippen molar-refractivity contribution in [3.63, 3.8) is 0 Å². The lowest BCUT2D eigenvalue weighted by Gasteiger charge is -2.17. The second-order valence-corrected chi connectivity index (χ2v) is 6.05. The highest BCUT2D eigenvalue weighted by atomic mass is 35.5. The largest absolute Gasteiger partial charge is 0.420 e. The van der Waals surface area contributed by atoms with Crippen LogP contribution in [0.5, 0.6) is 0 Å². The van der Waals surface area contributed by atoms with Crippen molar-refractivity contribution in [2.45, 2.75) is 6.18 Å². The summed E-state index contributed by atoms with van der Waals surface area (Å²) in [6.45, 7) is 0. The van der Waals surface area contributed by atoms with E-state index in [1.165, 1.54) is 37.1 Å². The van der Waals surface area contributed by atoms with Gasteiger partial charge in [0.1, 0.15) is 0 Å². The number of halogens is 4. The highest BCUT2D eigenvalue weighted by molar-refractivity contribution is 6.28. The van der Waals surface area contributed by atoms with Gasteiger partial charge in [-0.2, -0.15) is 18.3 Å². The molecule has 0 amide bonds. The van der Waals surface area contributed by atoms with E-state index in [1.807, 2.05) is 0 Å². The lowest BCUT2D eigenvalue weighted by atomic mass is 10.2. The van der Waals surface area contributed by atoms with Gasteiger partial charge in [-0.1, -0.05) is 18.2 Å². The molecular formula is C17H14ClF3N6O. The van der Waals surface area contributed by atoms with E-state index in [0.29, 0.717) is 11.3 Å². The van der Waals surface area contributed by atoms with Gasteiger partial charge in [-0.05, 0) is 29.8 Å². The number of hydrogen-bond acceptors (Lipinski definition) is 5. The fourth-order valence-corrected chi connectivity index (χ4v) is 2.79. The van der Waals surface area contributed by atoms with Crippen LogP contribution in [-0.2, 0) is 13.2 Å². The van der Waals surface area contributed by atoms with E-state index in [9.17, 15) is 18.0 Å². The van der Waals surface area contributed by atoms with Crippen molar-refractivity contribution < 1.29 is 13.2 Å². The molecule has 0 saturated carbocycles. The van der Waals surface area contributed by atoms with Crippen molar-refractivity contribution in [3.05, 3.63) is 69.5 Å². The molecule has 0 spiro atoms. The molecule has 0 saturated heterocycles. The van der Waals surface area contributed by atoms with Crippen LogP contribution in [0.4, 0.5) is 19.0 Å². The van der Waals surface area contributed by atoms with Gasteiger partial charge in [0.2, 0.25) is 5.28 Å². The van der Waals surface area contributed by atoms with Crippen LogP contribution in [0.25, 0.3) is 5.69 Å². The third-order valence-corrected chi connectivity index (χ3v) is 4.08. The van der Waals surface area contributed by atoms with Gasteiger partial charge in [0.15, 0.2) is 5.82 Å². The first kappa shape index (κ1) is 19.6. The SMILES string of the molecule is CN(/N=C/c1ccccc1-n1c(Cl)nn(C)c1=O)c1ncccc1C(F)(F)F. The van der Waals surface area contributed by atoms with Crippen LogP contribution in [0.15, 0.2) is 52.5 Å². The molecule has 2 heterocycles. The molecule has 0 aliphatic heterocycles. The lowest BCUT2D eigenvalue weighted by molar-refractivity contribution is -0.137. The van der Waals surface area contributed by atoms with Crippen LogP contribution in [0, 0.1) is 0 Å². The number of pyridine rings is 1. The van der Waals surface area contributed by atoms with Crippen LogP contribution >= 0.6 is 11.6 Å². The van der Waals surface area contributed by atoms with Gasteiger partial charge in [-0.15, -0.1) is 5.10 Å². The van der Waals surface area contributed by atoms with Gasteiger partial charge in [-0.3, -0.25) is 5.01 Å². The van der Waals surface area contributed by atoms with E-state index in [0.717, 1.165) is 15.8 Å². The fraction of sp³-hybridized carbons (Fsp3) is 0.176. The van der Waals surface area contributed by atoms with Crippen LogP contribution in [0.1, 0.15) is 11.1 Å². The summed E-state index contributed by atoms with van der Waals surface area (Å²) in [5, 5.41) is 8.86. The quantitative estimate of drug-likeness (QED) is 0.489. The standard InChI is InChI=1S/C17H14ClF3N6O/c1-25(14-12(17(19,20)21)7-5-9-22-14)23-10-11-6-3-4-8-13(11)27-15(18)24-26(2)16(27)28/h3-10H,1-2H3/b23-10+. The second kappa shape index (κ2) is 7.47. The maximum atomic E-state index is 13.2. The Balaban J connectivity index is 2.00. The Kier molecular flexibility index (Phi) is 5.23. The van der Waals surface area contributed by atoms with Crippen LogP contribution in [0.2, 0.25) is 5.28 Å². The summed E-state index contributed by atoms with van der Waals surface area (Å²) < 4.78 is 41.8. The molecule has 1 aromatic carbocycles. The fourth-order valence-electron chi connectivity index (χ4n) is 2.52. The number of hydrogen-bond donors (Lipinski definition) is 0. The predicted molar refractivity (Wildman–Crippen MR) is 99.1 cm³/mol. The average molecular weight is 411 g/mol. The van der Waals surface area contributed by atoms with Crippen molar-refractivity contribution in [2.24, 2.45) is 12.1 Å². The van der Waals surface area contributed by atoms with Crippen molar-refractivity contribution in [1.29, 1.82) is 0 Å². The molecule has 0 fully saturated rings. The van der Waals surface area contributed by atoms with Crippen molar-refractivity contribution in [3.8, 4) is 5.69 Å². The molecule has 0 unspecified atom stereocenters. The van der Waals surface area contributed by atoms with Gasteiger partial charge < -0.3 is 0 Å². The first-order chi connectivity index (χ1) is 13.2. The summed E-state index contributed by atoms with van der Waals surface area (Å²) in [6, 6.07) is 8.78. The predicted octanol–water partition coefficient (Wildman–Crippen LogP) is 3.11. The van der Waals surface area contributed by atoms with Crippen molar-refractivity contribution in [2.75, 3.05) is 12.1 Å². The van der Waals surface area contributed by atoms with E-state index >= 15 is 0 Å². The van der Waals surface area contributed by atoms with Crippen molar-refractivity contribution >= 4 is 23.6 Å². The number of aromatic nitrogens is 4. The molecule has 146 valence electrons. The molecule has 2 aromatic heterocycles. The van der Waals surface area contributed by atoms with E-state index in [-0.39, 0.29) is 11.1 Å². The minimum Gasteiger partial charge on any atom is -0.251 e. The highest BCUT2D eigenvalue weighted by Crippen LogP contribution is 2.34. The summed E-state index contributed by atoms with van der Waals surface area (Å²) >= 11 is 6.03. The maximum absolute atomic E-state index is 13.2. The Bertz CT molecular complexity index is 1090. The third-order valence-electron chi connectivity index (χ3n) is 3.83. The summed E-state index contributed by atoms with van der Waals surface area (Å²) in [5.41, 5.74) is -0.534. The monoisotopic (exact) mass is 410 g/mol. The van der Waals surface area contributed by atoms with E-state index in [4.69, 9.17) is 11.6 Å². The molecule has 0 atom stereocenters. The number of hydrazone groups is 1. The van der Waals surface area contributed by atoms with Crippen molar-refractivity contribution in [1.82, 2.24) is 19.3 Å². The number of anilines is 1. The number of alkyl halides is 3. The first-order valence-electron chi connectivity index (χ1n) is 7.91. The summed E-state index contributed by atoms with van der Waals surface area (Å²) in [4.78, 5) is 16.0. The zero-order chi connectivity index (χ0) is 20.5. The third kappa shape index (κ3) is 3.77. The Morgan fingerprint density at radius 3 is 2.57 bits per heavy atom. The van der Waals surface area contributed by atoms with Gasteiger partial charge in [0.05, 0.1) is 17.5 Å². The molecular weight excluding hydrogens is 397 g/mol. The Morgan fingerprint density at radius 2 is 1.93 bits per heavy atom. The molecule has 11 heteroatoms. The van der Waals surface area contributed by atoms with Gasteiger partial charge in [0, 0.05) is 25.9 Å². The van der Waals surface area contributed by atoms with E-state index < -0.39 is 17.4 Å². The number of aryl methyl sites for hydroxylation is 1. The molecule has 3 rings (SSSR count). The number of para-hydroxylation sites is 1. The molecule has 28 heavy (non-hydrogen) atoms. The zero-order valence-electron chi connectivity index (χ0n) is 14.7. The number of nitrogens with zero attached hydrogens (tertiary/aromatic N) is 6. The normalized spacial score (nSPS) is 11.9. The topological polar surface area (TPSA) is 68.3 Å². The molecule has 0 aliphatic carbocycles.